The maximum Gasteiger partial charge on any atom is 0.254 e. The molecule has 2 N–H and O–H groups in total. The molecule has 2 atom stereocenters. The number of likely N-dealkylation sites (tertiary alicyclic amines) is 1. The standard InChI is InChI=1S/C12H13N5O3/c18-10-5-16(6-11(10)19)12(20)8-1-3-9(4-2-8)17-7-13-14-15-17/h1-4,7,10-11,18-19H,5-6H2. The summed E-state index contributed by atoms with van der Waals surface area (Å²) in [5.74, 6) is -0.219. The van der Waals surface area contributed by atoms with Crippen LogP contribution in [0.25, 0.3) is 5.69 Å². The Morgan fingerprint density at radius 2 is 1.80 bits per heavy atom. The van der Waals surface area contributed by atoms with Crippen molar-refractivity contribution in [2.24, 2.45) is 0 Å². The van der Waals surface area contributed by atoms with Crippen molar-refractivity contribution in [2.75, 3.05) is 13.1 Å². The molecule has 1 fully saturated rings. The molecule has 0 spiro atoms. The fraction of sp³-hybridized carbons (Fsp3) is 0.333. The van der Waals surface area contributed by atoms with Crippen LogP contribution in [0.5, 0.6) is 0 Å². The van der Waals surface area contributed by atoms with Gasteiger partial charge in [0.15, 0.2) is 0 Å². The van der Waals surface area contributed by atoms with Crippen molar-refractivity contribution in [2.45, 2.75) is 12.2 Å². The first-order valence-corrected chi connectivity index (χ1v) is 6.14. The Kier molecular flexibility index (Phi) is 3.17. The smallest absolute Gasteiger partial charge is 0.254 e. The van der Waals surface area contributed by atoms with Gasteiger partial charge in [-0.2, -0.15) is 0 Å². The molecule has 0 saturated carbocycles. The Hall–Kier alpha value is -2.32. The summed E-state index contributed by atoms with van der Waals surface area (Å²) < 4.78 is 1.48. The molecule has 1 aliphatic heterocycles. The van der Waals surface area contributed by atoms with Crippen LogP contribution < -0.4 is 0 Å². The van der Waals surface area contributed by atoms with Gasteiger partial charge in [-0.15, -0.1) is 5.10 Å². The Morgan fingerprint density at radius 3 is 2.35 bits per heavy atom. The molecule has 1 aromatic heterocycles. The van der Waals surface area contributed by atoms with Crippen molar-refractivity contribution >= 4 is 5.91 Å². The zero-order valence-electron chi connectivity index (χ0n) is 10.5. The molecule has 0 aliphatic carbocycles. The molecular formula is C12H13N5O3. The van der Waals surface area contributed by atoms with E-state index in [0.717, 1.165) is 5.69 Å². The minimum Gasteiger partial charge on any atom is -0.388 e. The highest BCUT2D eigenvalue weighted by Gasteiger charge is 2.32. The van der Waals surface area contributed by atoms with Gasteiger partial charge in [0, 0.05) is 18.7 Å². The van der Waals surface area contributed by atoms with Crippen LogP contribution in [0.1, 0.15) is 10.4 Å². The van der Waals surface area contributed by atoms with Crippen LogP contribution >= 0.6 is 0 Å². The Morgan fingerprint density at radius 1 is 1.15 bits per heavy atom. The van der Waals surface area contributed by atoms with Crippen molar-refractivity contribution in [1.82, 2.24) is 25.1 Å². The topological polar surface area (TPSA) is 104 Å². The van der Waals surface area contributed by atoms with Gasteiger partial charge in [-0.05, 0) is 34.7 Å². The normalized spacial score (nSPS) is 22.2. The maximum atomic E-state index is 12.2. The monoisotopic (exact) mass is 275 g/mol. The number of carbonyl (C=O) groups excluding carboxylic acids is 1. The van der Waals surface area contributed by atoms with E-state index in [1.165, 1.54) is 15.9 Å². The number of β-amino-alcohol motifs (C(OH)–C–C–N with tert-alkyl or cyclic N) is 2. The second kappa shape index (κ2) is 4.99. The third kappa shape index (κ3) is 2.26. The molecule has 2 heterocycles. The van der Waals surface area contributed by atoms with Gasteiger partial charge in [0.2, 0.25) is 0 Å². The van der Waals surface area contributed by atoms with Crippen molar-refractivity contribution in [3.63, 3.8) is 0 Å². The molecule has 8 nitrogen and oxygen atoms in total. The van der Waals surface area contributed by atoms with Gasteiger partial charge in [-0.3, -0.25) is 4.79 Å². The van der Waals surface area contributed by atoms with Crippen LogP contribution in [0, 0.1) is 0 Å². The quantitative estimate of drug-likeness (QED) is 0.716. The van der Waals surface area contributed by atoms with Gasteiger partial charge in [0.05, 0.1) is 17.9 Å². The highest BCUT2D eigenvalue weighted by atomic mass is 16.3. The van der Waals surface area contributed by atoms with E-state index < -0.39 is 12.2 Å². The molecule has 0 bridgehead atoms. The lowest BCUT2D eigenvalue weighted by Crippen LogP contribution is -2.29. The number of hydrogen-bond donors (Lipinski definition) is 2. The van der Waals surface area contributed by atoms with Crippen LogP contribution in [0.15, 0.2) is 30.6 Å². The van der Waals surface area contributed by atoms with E-state index in [1.807, 2.05) is 0 Å². The van der Waals surface area contributed by atoms with Gasteiger partial charge in [0.1, 0.15) is 6.33 Å². The maximum absolute atomic E-state index is 12.2. The molecule has 0 radical (unpaired) electrons. The van der Waals surface area contributed by atoms with Gasteiger partial charge in [0.25, 0.3) is 5.91 Å². The van der Waals surface area contributed by atoms with E-state index in [4.69, 9.17) is 0 Å². The summed E-state index contributed by atoms with van der Waals surface area (Å²) >= 11 is 0. The summed E-state index contributed by atoms with van der Waals surface area (Å²) in [6, 6.07) is 6.78. The zero-order valence-corrected chi connectivity index (χ0v) is 10.5. The first-order valence-electron chi connectivity index (χ1n) is 6.14. The number of aliphatic hydroxyl groups is 2. The molecule has 20 heavy (non-hydrogen) atoms. The minimum atomic E-state index is -0.876. The van der Waals surface area contributed by atoms with E-state index in [-0.39, 0.29) is 19.0 Å². The summed E-state index contributed by atoms with van der Waals surface area (Å²) in [5.41, 5.74) is 1.23. The Balaban J connectivity index is 1.76. The number of amides is 1. The minimum absolute atomic E-state index is 0.148. The predicted molar refractivity (Wildman–Crippen MR) is 67.1 cm³/mol. The fourth-order valence-corrected chi connectivity index (χ4v) is 2.15. The first kappa shape index (κ1) is 12.7. The van der Waals surface area contributed by atoms with Gasteiger partial charge >= 0.3 is 0 Å². The number of aromatic nitrogens is 4. The fourth-order valence-electron chi connectivity index (χ4n) is 2.15. The Bertz CT molecular complexity index is 588. The molecule has 2 aromatic rings. The number of tetrazole rings is 1. The SMILES string of the molecule is O=C(c1ccc(-n2cnnn2)cc1)N1CC(O)C(O)C1. The largest absolute Gasteiger partial charge is 0.388 e. The third-order valence-corrected chi connectivity index (χ3v) is 3.27. The van der Waals surface area contributed by atoms with Crippen molar-refractivity contribution in [3.05, 3.63) is 36.2 Å². The third-order valence-electron chi connectivity index (χ3n) is 3.27. The van der Waals surface area contributed by atoms with Crippen LogP contribution in [-0.4, -0.2) is 66.5 Å². The number of rotatable bonds is 2. The number of nitrogens with zero attached hydrogens (tertiary/aromatic N) is 5. The lowest BCUT2D eigenvalue weighted by atomic mass is 10.2. The molecule has 3 rings (SSSR count). The highest BCUT2D eigenvalue weighted by molar-refractivity contribution is 5.94. The van der Waals surface area contributed by atoms with Gasteiger partial charge < -0.3 is 15.1 Å². The lowest BCUT2D eigenvalue weighted by Gasteiger charge is -2.15. The Labute approximate surface area is 114 Å². The highest BCUT2D eigenvalue weighted by Crippen LogP contribution is 2.15. The molecular weight excluding hydrogens is 262 g/mol. The van der Waals surface area contributed by atoms with Crippen LogP contribution in [0.4, 0.5) is 0 Å². The number of hydrogen-bond acceptors (Lipinski definition) is 6. The van der Waals surface area contributed by atoms with Crippen LogP contribution in [0.2, 0.25) is 0 Å². The first-order chi connectivity index (χ1) is 9.65. The second-order valence-corrected chi connectivity index (χ2v) is 4.65. The summed E-state index contributed by atoms with van der Waals surface area (Å²) in [7, 11) is 0. The number of carbonyl (C=O) groups is 1. The molecule has 104 valence electrons. The van der Waals surface area contributed by atoms with E-state index in [0.29, 0.717) is 5.56 Å². The summed E-state index contributed by atoms with van der Waals surface area (Å²) in [6.07, 6.45) is -0.289. The van der Waals surface area contributed by atoms with Gasteiger partial charge in [-0.1, -0.05) is 0 Å². The van der Waals surface area contributed by atoms with E-state index in [9.17, 15) is 15.0 Å². The number of aliphatic hydroxyl groups excluding tert-OH is 2. The van der Waals surface area contributed by atoms with Crippen LogP contribution in [0.3, 0.4) is 0 Å². The zero-order chi connectivity index (χ0) is 14.1. The molecule has 1 aromatic carbocycles. The summed E-state index contributed by atoms with van der Waals surface area (Å²) in [6.45, 7) is 0.295. The van der Waals surface area contributed by atoms with E-state index in [2.05, 4.69) is 15.5 Å². The van der Waals surface area contributed by atoms with E-state index >= 15 is 0 Å². The molecule has 1 saturated heterocycles. The molecule has 1 amide bonds. The van der Waals surface area contributed by atoms with E-state index in [1.54, 1.807) is 24.3 Å². The van der Waals surface area contributed by atoms with Crippen LogP contribution in [-0.2, 0) is 0 Å². The summed E-state index contributed by atoms with van der Waals surface area (Å²) in [5, 5.41) is 29.8. The summed E-state index contributed by atoms with van der Waals surface area (Å²) in [4.78, 5) is 13.6. The lowest BCUT2D eigenvalue weighted by molar-refractivity contribution is 0.0572. The second-order valence-electron chi connectivity index (χ2n) is 4.65. The molecule has 1 aliphatic rings. The average molecular weight is 275 g/mol. The number of benzene rings is 1. The van der Waals surface area contributed by atoms with Gasteiger partial charge in [-0.25, -0.2) is 4.68 Å². The average Bonchev–Trinajstić information content (AvgIpc) is 3.09. The predicted octanol–water partition coefficient (Wildman–Crippen LogP) is -1.16. The molecule has 8 heteroatoms. The van der Waals surface area contributed by atoms with Crippen molar-refractivity contribution in [3.8, 4) is 5.69 Å². The van der Waals surface area contributed by atoms with Crippen molar-refractivity contribution < 1.29 is 15.0 Å². The molecule has 2 unspecified atom stereocenters. The van der Waals surface area contributed by atoms with Crippen molar-refractivity contribution in [1.29, 1.82) is 0 Å².